The number of fused-ring (bicyclic) bond motifs is 7. The minimum atomic E-state index is 0.972. The van der Waals surface area contributed by atoms with Crippen LogP contribution in [0.1, 0.15) is 0 Å². The summed E-state index contributed by atoms with van der Waals surface area (Å²) in [7, 11) is 2.10. The molecule has 2 heteroatoms. The molecule has 3 aromatic carbocycles. The van der Waals surface area contributed by atoms with Crippen molar-refractivity contribution in [3.8, 4) is 0 Å². The summed E-state index contributed by atoms with van der Waals surface area (Å²) in [5.74, 6) is 0. The number of pyridine rings is 1. The van der Waals surface area contributed by atoms with E-state index in [9.17, 15) is 0 Å². The first-order valence-corrected chi connectivity index (χ1v) is 8.81. The summed E-state index contributed by atoms with van der Waals surface area (Å²) in [5.41, 5.74) is 2.13. The maximum absolute atomic E-state index is 4.73. The number of benzene rings is 3. The Labute approximate surface area is 151 Å². The van der Waals surface area contributed by atoms with Gasteiger partial charge in [-0.05, 0) is 39.7 Å². The molecule has 5 rings (SSSR count). The van der Waals surface area contributed by atoms with Gasteiger partial charge in [-0.2, -0.15) is 0 Å². The first-order valence-electron chi connectivity index (χ1n) is 8.81. The van der Waals surface area contributed by atoms with Crippen LogP contribution in [0.5, 0.6) is 0 Å². The molecule has 5 aromatic rings. The van der Waals surface area contributed by atoms with Crippen molar-refractivity contribution in [2.75, 3.05) is 0 Å². The van der Waals surface area contributed by atoms with Gasteiger partial charge in [-0.1, -0.05) is 66.7 Å². The van der Waals surface area contributed by atoms with Crippen molar-refractivity contribution in [1.82, 2.24) is 9.55 Å². The second-order valence-corrected chi connectivity index (χ2v) is 6.54. The number of aryl methyl sites for hydroxylation is 1. The van der Waals surface area contributed by atoms with Crippen molar-refractivity contribution in [2.45, 2.75) is 0 Å². The van der Waals surface area contributed by atoms with Crippen LogP contribution in [-0.2, 0) is 7.05 Å². The van der Waals surface area contributed by atoms with Crippen LogP contribution in [-0.4, -0.2) is 9.55 Å². The quantitative estimate of drug-likeness (QED) is 0.332. The molecule has 0 amide bonds. The molecule has 0 aliphatic carbocycles. The zero-order valence-corrected chi connectivity index (χ0v) is 14.6. The maximum atomic E-state index is 4.73. The molecule has 2 nitrogen and oxygen atoms in total. The van der Waals surface area contributed by atoms with Gasteiger partial charge in [-0.25, -0.2) is 4.98 Å². The lowest BCUT2D eigenvalue weighted by Gasteiger charge is -2.06. The Hall–Kier alpha value is -3.39. The summed E-state index contributed by atoms with van der Waals surface area (Å²) < 4.78 is 2.20. The Morgan fingerprint density at radius 1 is 0.538 bits per heavy atom. The van der Waals surface area contributed by atoms with Gasteiger partial charge in [-0.3, -0.25) is 0 Å². The summed E-state index contributed by atoms with van der Waals surface area (Å²) in [6.45, 7) is 0. The molecular weight excluding hydrogens is 316 g/mol. The zero-order valence-electron chi connectivity index (χ0n) is 14.6. The molecule has 0 aliphatic rings. The van der Waals surface area contributed by atoms with Crippen LogP contribution in [0.3, 0.4) is 0 Å². The topological polar surface area (TPSA) is 17.8 Å². The predicted octanol–water partition coefficient (Wildman–Crippen LogP) is 6.16. The van der Waals surface area contributed by atoms with Gasteiger partial charge in [0.15, 0.2) is 0 Å². The van der Waals surface area contributed by atoms with Crippen molar-refractivity contribution < 1.29 is 0 Å². The molecule has 0 aliphatic heterocycles. The molecule has 2 heterocycles. The van der Waals surface area contributed by atoms with E-state index in [1.165, 1.54) is 26.9 Å². The third-order valence-corrected chi connectivity index (χ3v) is 5.09. The molecule has 0 unspecified atom stereocenters. The van der Waals surface area contributed by atoms with Gasteiger partial charge in [0.2, 0.25) is 0 Å². The molecule has 0 fully saturated rings. The van der Waals surface area contributed by atoms with Crippen LogP contribution in [0, 0.1) is 0 Å². The van der Waals surface area contributed by atoms with E-state index in [0.29, 0.717) is 0 Å². The van der Waals surface area contributed by atoms with Gasteiger partial charge in [0.25, 0.3) is 0 Å². The van der Waals surface area contributed by atoms with Crippen molar-refractivity contribution in [3.05, 3.63) is 91.1 Å². The highest BCUT2D eigenvalue weighted by Crippen LogP contribution is 2.31. The zero-order chi connectivity index (χ0) is 17.5. The minimum absolute atomic E-state index is 0.972. The second-order valence-electron chi connectivity index (χ2n) is 6.54. The van der Waals surface area contributed by atoms with Gasteiger partial charge in [0, 0.05) is 29.5 Å². The lowest BCUT2D eigenvalue weighted by molar-refractivity contribution is 0.982. The summed E-state index contributed by atoms with van der Waals surface area (Å²) in [6.07, 6.45) is 1.87. The highest BCUT2D eigenvalue weighted by Gasteiger charge is 2.07. The molecule has 124 valence electrons. The van der Waals surface area contributed by atoms with E-state index in [2.05, 4.69) is 90.5 Å². The first kappa shape index (κ1) is 14.9. The van der Waals surface area contributed by atoms with E-state index >= 15 is 0 Å². The van der Waals surface area contributed by atoms with E-state index in [-0.39, 0.29) is 0 Å². The van der Waals surface area contributed by atoms with Crippen LogP contribution < -0.4 is 0 Å². The van der Waals surface area contributed by atoms with Gasteiger partial charge in [0.05, 0.1) is 0 Å². The molecule has 0 spiro atoms. The normalized spacial score (nSPS) is 11.3. The number of hydrogen-bond donors (Lipinski definition) is 0. The van der Waals surface area contributed by atoms with Crippen LogP contribution in [0.2, 0.25) is 0 Å². The summed E-state index contributed by atoms with van der Waals surface area (Å²) in [4.78, 5) is 4.73. The molecule has 0 atom stereocenters. The Morgan fingerprint density at radius 3 is 1.65 bits per heavy atom. The molecule has 0 N–H and O–H groups in total. The van der Waals surface area contributed by atoms with E-state index in [0.717, 1.165) is 16.6 Å². The largest absolute Gasteiger partial charge is 0.328 e. The maximum Gasteiger partial charge on any atom is 0.140 e. The molecule has 0 saturated heterocycles. The molecule has 26 heavy (non-hydrogen) atoms. The summed E-state index contributed by atoms with van der Waals surface area (Å²) in [5, 5.41) is 7.32. The Balaban J connectivity index is 2.31. The lowest BCUT2D eigenvalue weighted by Crippen LogP contribution is -1.94. The fourth-order valence-electron chi connectivity index (χ4n) is 3.89. The average molecular weight is 334 g/mol. The standard InChI is InChI=1S/C24H18N2/c1-26-23-15-7-6-13-21(23)19-11-4-2-9-17(19)18-10-3-5-12-20(18)22-14-8-16-25-24(22)26/h2-16H,1H3. The number of aromatic nitrogens is 2. The summed E-state index contributed by atoms with van der Waals surface area (Å²) in [6, 6.07) is 30.0. The number of nitrogens with zero attached hydrogens (tertiary/aromatic N) is 2. The van der Waals surface area contributed by atoms with Crippen molar-refractivity contribution in [3.63, 3.8) is 0 Å². The highest BCUT2D eigenvalue weighted by atomic mass is 15.0. The van der Waals surface area contributed by atoms with Gasteiger partial charge in [0.1, 0.15) is 5.65 Å². The van der Waals surface area contributed by atoms with Crippen LogP contribution in [0.15, 0.2) is 91.1 Å². The fraction of sp³-hybridized carbons (Fsp3) is 0.0417. The Bertz CT molecular complexity index is 1240. The van der Waals surface area contributed by atoms with Crippen molar-refractivity contribution >= 4 is 43.5 Å². The number of para-hydroxylation sites is 1. The van der Waals surface area contributed by atoms with Gasteiger partial charge >= 0.3 is 0 Å². The number of hydrogen-bond acceptors (Lipinski definition) is 1. The molecule has 0 radical (unpaired) electrons. The molecular formula is C24H18N2. The van der Waals surface area contributed by atoms with Crippen LogP contribution in [0.25, 0.3) is 43.5 Å². The van der Waals surface area contributed by atoms with E-state index in [1.807, 2.05) is 12.3 Å². The lowest BCUT2D eigenvalue weighted by atomic mass is 10.0. The third kappa shape index (κ3) is 2.16. The predicted molar refractivity (Wildman–Crippen MR) is 111 cm³/mol. The van der Waals surface area contributed by atoms with Crippen LogP contribution >= 0.6 is 0 Å². The second kappa shape index (κ2) is 5.85. The SMILES string of the molecule is Cn1c2ccccc2c2ccccc2c2ccccc2c2cccnc21. The fourth-order valence-corrected chi connectivity index (χ4v) is 3.89. The van der Waals surface area contributed by atoms with Crippen LogP contribution in [0.4, 0.5) is 0 Å². The first-order chi connectivity index (χ1) is 12.8. The highest BCUT2D eigenvalue weighted by molar-refractivity contribution is 6.18. The van der Waals surface area contributed by atoms with Gasteiger partial charge in [-0.15, -0.1) is 0 Å². The monoisotopic (exact) mass is 334 g/mol. The smallest absolute Gasteiger partial charge is 0.140 e. The van der Waals surface area contributed by atoms with E-state index in [4.69, 9.17) is 4.98 Å². The Kier molecular flexibility index (Phi) is 3.36. The van der Waals surface area contributed by atoms with Crippen molar-refractivity contribution in [2.24, 2.45) is 7.05 Å². The Morgan fingerprint density at radius 2 is 1.00 bits per heavy atom. The van der Waals surface area contributed by atoms with Gasteiger partial charge < -0.3 is 4.57 Å². The van der Waals surface area contributed by atoms with E-state index in [1.54, 1.807) is 0 Å². The number of rotatable bonds is 0. The molecule has 0 saturated carbocycles. The minimum Gasteiger partial charge on any atom is -0.328 e. The van der Waals surface area contributed by atoms with Crippen molar-refractivity contribution in [1.29, 1.82) is 0 Å². The average Bonchev–Trinajstić information content (AvgIpc) is 2.76. The molecule has 0 bridgehead atoms. The summed E-state index contributed by atoms with van der Waals surface area (Å²) >= 11 is 0. The molecule has 2 aromatic heterocycles. The van der Waals surface area contributed by atoms with E-state index < -0.39 is 0 Å². The third-order valence-electron chi connectivity index (χ3n) is 5.09.